The number of aliphatic carboxylic acids is 1. The molecule has 44 heavy (non-hydrogen) atoms. The summed E-state index contributed by atoms with van der Waals surface area (Å²) in [6, 6.07) is 18.0. The summed E-state index contributed by atoms with van der Waals surface area (Å²) in [7, 11) is 0. The minimum absolute atomic E-state index is 0.326. The van der Waals surface area contributed by atoms with Gasteiger partial charge in [-0.15, -0.1) is 0 Å². The van der Waals surface area contributed by atoms with Gasteiger partial charge in [-0.3, -0.25) is 14.7 Å². The van der Waals surface area contributed by atoms with Gasteiger partial charge in [0.25, 0.3) is 0 Å². The van der Waals surface area contributed by atoms with Gasteiger partial charge in [-0.25, -0.2) is 15.0 Å². The number of likely N-dealkylation sites (tertiary alicyclic amines) is 1. The molecule has 1 aliphatic heterocycles. The number of aromatic nitrogens is 4. The Hall–Kier alpha value is -4.86. The number of nitrogens with one attached hydrogen (secondary N) is 1. The Morgan fingerprint density at radius 1 is 0.977 bits per heavy atom. The molecule has 0 saturated carbocycles. The first-order chi connectivity index (χ1) is 21.4. The number of nitrogens with zero attached hydrogens (tertiary/aromatic N) is 5. The van der Waals surface area contributed by atoms with Crippen LogP contribution < -0.4 is 5.32 Å². The van der Waals surface area contributed by atoms with Crippen LogP contribution in [0.3, 0.4) is 0 Å². The number of carboxylic acid groups (broad SMARTS) is 1. The number of rotatable bonds is 7. The summed E-state index contributed by atoms with van der Waals surface area (Å²) in [5, 5.41) is 13.3. The van der Waals surface area contributed by atoms with Gasteiger partial charge >= 0.3 is 5.97 Å². The maximum absolute atomic E-state index is 11.4. The molecule has 0 unspecified atom stereocenters. The lowest BCUT2D eigenvalue weighted by atomic mass is 9.93. The fourth-order valence-corrected chi connectivity index (χ4v) is 6.30. The number of oxazole rings is 1. The van der Waals surface area contributed by atoms with E-state index in [9.17, 15) is 9.90 Å². The largest absolute Gasteiger partial charge is 0.481 e. The molecule has 0 amide bonds. The van der Waals surface area contributed by atoms with Crippen LogP contribution in [-0.4, -0.2) is 49.0 Å². The van der Waals surface area contributed by atoms with Crippen LogP contribution in [0, 0.1) is 19.8 Å². The van der Waals surface area contributed by atoms with Crippen LogP contribution in [0.4, 0.5) is 11.5 Å². The van der Waals surface area contributed by atoms with Crippen molar-refractivity contribution in [3.63, 3.8) is 0 Å². The van der Waals surface area contributed by atoms with Crippen molar-refractivity contribution >= 4 is 51.2 Å². The third-order valence-electron chi connectivity index (χ3n) is 8.36. The highest BCUT2D eigenvalue weighted by atomic mass is 35.5. The average Bonchev–Trinajstić information content (AvgIpc) is 3.67. The zero-order valence-corrected chi connectivity index (χ0v) is 25.0. The molecule has 1 atom stereocenters. The van der Waals surface area contributed by atoms with E-state index in [0.29, 0.717) is 52.9 Å². The molecule has 220 valence electrons. The molecule has 0 aliphatic carbocycles. The molecule has 1 saturated heterocycles. The van der Waals surface area contributed by atoms with Gasteiger partial charge in [0.15, 0.2) is 11.4 Å². The van der Waals surface area contributed by atoms with Gasteiger partial charge < -0.3 is 14.8 Å². The quantitative estimate of drug-likeness (QED) is 0.192. The SMILES string of the molecule is Cc1c(Nc2nccc3nccnc23)cccc1-c1cccc(-c2nc3cc(CN4CC[C@@H](C(=O)O)C4)cc(Cl)c3o2)c1C. The van der Waals surface area contributed by atoms with Crippen molar-refractivity contribution in [1.29, 1.82) is 0 Å². The summed E-state index contributed by atoms with van der Waals surface area (Å²) in [6.45, 7) is 6.04. The predicted octanol–water partition coefficient (Wildman–Crippen LogP) is 7.42. The van der Waals surface area contributed by atoms with Crippen LogP contribution in [0.2, 0.25) is 5.02 Å². The number of fused-ring (bicyclic) bond motifs is 2. The monoisotopic (exact) mass is 604 g/mol. The number of pyridine rings is 1. The van der Waals surface area contributed by atoms with Crippen LogP contribution in [0.15, 0.2) is 77.6 Å². The Labute approximate surface area is 258 Å². The van der Waals surface area contributed by atoms with E-state index in [1.54, 1.807) is 18.6 Å². The second-order valence-electron chi connectivity index (χ2n) is 11.2. The third-order valence-corrected chi connectivity index (χ3v) is 8.64. The summed E-state index contributed by atoms with van der Waals surface area (Å²) >= 11 is 6.67. The minimum Gasteiger partial charge on any atom is -0.481 e. The van der Waals surface area contributed by atoms with E-state index in [1.807, 2.05) is 42.5 Å². The van der Waals surface area contributed by atoms with E-state index in [4.69, 9.17) is 21.0 Å². The molecule has 1 aliphatic rings. The molecular formula is C34H29ClN6O3. The van der Waals surface area contributed by atoms with Gasteiger partial charge in [0, 0.05) is 42.9 Å². The maximum atomic E-state index is 11.4. The van der Waals surface area contributed by atoms with E-state index in [2.05, 4.69) is 51.1 Å². The second-order valence-corrected chi connectivity index (χ2v) is 11.6. The normalized spacial score (nSPS) is 15.3. The van der Waals surface area contributed by atoms with Crippen molar-refractivity contribution in [2.75, 3.05) is 18.4 Å². The molecule has 10 heteroatoms. The number of carbonyl (C=O) groups is 1. The fourth-order valence-electron chi connectivity index (χ4n) is 6.03. The van der Waals surface area contributed by atoms with E-state index in [-0.39, 0.29) is 5.92 Å². The van der Waals surface area contributed by atoms with Crippen LogP contribution in [0.5, 0.6) is 0 Å². The molecule has 6 aromatic rings. The van der Waals surface area contributed by atoms with E-state index < -0.39 is 5.97 Å². The molecule has 0 bridgehead atoms. The lowest BCUT2D eigenvalue weighted by Gasteiger charge is -2.16. The van der Waals surface area contributed by atoms with Crippen LogP contribution in [0.25, 0.3) is 44.7 Å². The van der Waals surface area contributed by atoms with Crippen LogP contribution >= 0.6 is 11.6 Å². The zero-order chi connectivity index (χ0) is 30.4. The highest BCUT2D eigenvalue weighted by Gasteiger charge is 2.28. The first kappa shape index (κ1) is 27.9. The Kier molecular flexibility index (Phi) is 7.20. The number of benzene rings is 3. The summed E-state index contributed by atoms with van der Waals surface area (Å²) in [4.78, 5) is 31.7. The molecule has 0 radical (unpaired) electrons. The maximum Gasteiger partial charge on any atom is 0.307 e. The summed E-state index contributed by atoms with van der Waals surface area (Å²) in [5.74, 6) is 0.0773. The molecule has 4 heterocycles. The van der Waals surface area contributed by atoms with Gasteiger partial charge in [0.2, 0.25) is 5.89 Å². The van der Waals surface area contributed by atoms with Gasteiger partial charge in [-0.05, 0) is 85.0 Å². The van der Waals surface area contributed by atoms with Crippen molar-refractivity contribution in [3.05, 3.63) is 94.9 Å². The number of halogens is 1. The summed E-state index contributed by atoms with van der Waals surface area (Å²) in [5.41, 5.74) is 9.70. The Morgan fingerprint density at radius 3 is 2.57 bits per heavy atom. The minimum atomic E-state index is -0.741. The zero-order valence-electron chi connectivity index (χ0n) is 24.2. The van der Waals surface area contributed by atoms with Crippen LogP contribution in [-0.2, 0) is 11.3 Å². The molecule has 7 rings (SSSR count). The highest BCUT2D eigenvalue weighted by Crippen LogP contribution is 2.38. The Bertz CT molecular complexity index is 2050. The predicted molar refractivity (Wildman–Crippen MR) is 171 cm³/mol. The Morgan fingerprint density at radius 2 is 1.75 bits per heavy atom. The van der Waals surface area contributed by atoms with Crippen molar-refractivity contribution in [2.24, 2.45) is 5.92 Å². The van der Waals surface area contributed by atoms with Gasteiger partial charge in [0.1, 0.15) is 11.0 Å². The van der Waals surface area contributed by atoms with E-state index in [1.165, 1.54) is 0 Å². The van der Waals surface area contributed by atoms with Crippen molar-refractivity contribution in [2.45, 2.75) is 26.8 Å². The highest BCUT2D eigenvalue weighted by molar-refractivity contribution is 6.34. The molecule has 3 aromatic heterocycles. The topological polar surface area (TPSA) is 117 Å². The standard InChI is InChI=1S/C34H29ClN6O3/c1-19-23(24-6-4-8-27(20(24)2)39-32-30-28(9-11-38-32)36-12-13-37-30)5-3-7-25(19)33-40-29-16-21(15-26(35)31(29)44-33)17-41-14-10-22(18-41)34(42)43/h3-9,11-13,15-16,22H,10,14,17-18H2,1-2H3,(H,38,39)(H,42,43)/t22-/m1/s1. The molecular weight excluding hydrogens is 576 g/mol. The number of hydrogen-bond donors (Lipinski definition) is 2. The molecule has 1 fully saturated rings. The molecule has 9 nitrogen and oxygen atoms in total. The fraction of sp³-hybridized carbons (Fsp3) is 0.206. The molecule has 0 spiro atoms. The number of hydrogen-bond acceptors (Lipinski definition) is 8. The van der Waals surface area contributed by atoms with Gasteiger partial charge in [-0.1, -0.05) is 35.9 Å². The first-order valence-corrected chi connectivity index (χ1v) is 14.8. The van der Waals surface area contributed by atoms with Crippen LogP contribution in [0.1, 0.15) is 23.1 Å². The smallest absolute Gasteiger partial charge is 0.307 e. The van der Waals surface area contributed by atoms with Crippen molar-refractivity contribution < 1.29 is 14.3 Å². The summed E-state index contributed by atoms with van der Waals surface area (Å²) < 4.78 is 6.24. The molecule has 3 aromatic carbocycles. The summed E-state index contributed by atoms with van der Waals surface area (Å²) in [6.07, 6.45) is 5.71. The Balaban J connectivity index is 1.20. The first-order valence-electron chi connectivity index (χ1n) is 14.4. The molecule has 2 N–H and O–H groups in total. The van der Waals surface area contributed by atoms with E-state index in [0.717, 1.165) is 51.1 Å². The van der Waals surface area contributed by atoms with Gasteiger partial charge in [-0.2, -0.15) is 0 Å². The lowest BCUT2D eigenvalue weighted by molar-refractivity contribution is -0.141. The lowest BCUT2D eigenvalue weighted by Crippen LogP contribution is -2.22. The van der Waals surface area contributed by atoms with E-state index >= 15 is 0 Å². The second kappa shape index (κ2) is 11.3. The number of anilines is 2. The van der Waals surface area contributed by atoms with Crippen molar-refractivity contribution in [1.82, 2.24) is 24.8 Å². The van der Waals surface area contributed by atoms with Gasteiger partial charge in [0.05, 0.1) is 16.5 Å². The van der Waals surface area contributed by atoms with Crippen molar-refractivity contribution in [3.8, 4) is 22.6 Å². The third kappa shape index (κ3) is 5.14. The number of carboxylic acids is 1. The average molecular weight is 605 g/mol.